The first-order valence-electron chi connectivity index (χ1n) is 13.4. The van der Waals surface area contributed by atoms with Crippen molar-refractivity contribution in [2.24, 2.45) is 10.6 Å². The molecule has 0 bridgehead atoms. The summed E-state index contributed by atoms with van der Waals surface area (Å²) in [4.78, 5) is 28.7. The van der Waals surface area contributed by atoms with Crippen LogP contribution in [0.5, 0.6) is 17.4 Å². The van der Waals surface area contributed by atoms with E-state index in [0.29, 0.717) is 58.6 Å². The number of Topliss-reactive ketones (excluding diaryl/α,β-unsaturated/α-hetero) is 1. The number of nitrogens with zero attached hydrogens (tertiary/aromatic N) is 5. The van der Waals surface area contributed by atoms with Crippen molar-refractivity contribution >= 4 is 17.1 Å². The monoisotopic (exact) mass is 553 g/mol. The number of aromatic nitrogens is 4. The van der Waals surface area contributed by atoms with Crippen LogP contribution in [-0.4, -0.2) is 45.3 Å². The van der Waals surface area contributed by atoms with Gasteiger partial charge in [-0.3, -0.25) is 4.79 Å². The molecule has 41 heavy (non-hydrogen) atoms. The maximum absolute atomic E-state index is 13.7. The molecular formula is C31H31N5O5. The summed E-state index contributed by atoms with van der Waals surface area (Å²) in [7, 11) is 3.18. The second-order valence-electron chi connectivity index (χ2n) is 11.0. The van der Waals surface area contributed by atoms with Crippen LogP contribution in [0.1, 0.15) is 62.0 Å². The molecule has 2 aromatic heterocycles. The Bertz CT molecular complexity index is 1710. The number of benzene rings is 2. The van der Waals surface area contributed by atoms with Crippen molar-refractivity contribution in [1.29, 1.82) is 0 Å². The molecule has 10 heteroatoms. The first-order valence-corrected chi connectivity index (χ1v) is 13.4. The lowest BCUT2D eigenvalue weighted by molar-refractivity contribution is -0.118. The topological polar surface area (TPSA) is 109 Å². The molecule has 1 atom stereocenters. The SMILES string of the molecule is COc1ccc(C2C3=C(CC(C)(C)CC3=O)Oc3ncn4nc(CON=C(C)c5ccccc5)nc4c32)cc1OC. The molecule has 0 radical (unpaired) electrons. The summed E-state index contributed by atoms with van der Waals surface area (Å²) in [6.45, 7) is 6.08. The van der Waals surface area contributed by atoms with Crippen molar-refractivity contribution in [2.75, 3.05) is 14.2 Å². The predicted molar refractivity (Wildman–Crippen MR) is 151 cm³/mol. The summed E-state index contributed by atoms with van der Waals surface area (Å²) < 4.78 is 19.0. The number of allylic oxidation sites excluding steroid dienone is 2. The van der Waals surface area contributed by atoms with Crippen molar-refractivity contribution in [3.63, 3.8) is 0 Å². The quantitative estimate of drug-likeness (QED) is 0.226. The van der Waals surface area contributed by atoms with E-state index in [1.54, 1.807) is 25.1 Å². The van der Waals surface area contributed by atoms with Gasteiger partial charge < -0.3 is 19.0 Å². The number of hydrogen-bond donors (Lipinski definition) is 0. The molecule has 4 aromatic rings. The molecule has 10 nitrogen and oxygen atoms in total. The Kier molecular flexibility index (Phi) is 6.69. The van der Waals surface area contributed by atoms with Crippen LogP contribution in [0.3, 0.4) is 0 Å². The third kappa shape index (κ3) is 4.90. The zero-order valence-corrected chi connectivity index (χ0v) is 23.7. The Morgan fingerprint density at radius 1 is 1.10 bits per heavy atom. The number of carbonyl (C=O) groups is 1. The van der Waals surface area contributed by atoms with Crippen LogP contribution in [0.25, 0.3) is 5.65 Å². The second-order valence-corrected chi connectivity index (χ2v) is 11.0. The fraction of sp³-hybridized carbons (Fsp3) is 0.323. The van der Waals surface area contributed by atoms with E-state index in [4.69, 9.17) is 24.0 Å². The molecule has 0 fully saturated rings. The molecule has 6 rings (SSSR count). The van der Waals surface area contributed by atoms with Gasteiger partial charge in [-0.1, -0.05) is 55.4 Å². The average molecular weight is 554 g/mol. The van der Waals surface area contributed by atoms with E-state index in [-0.39, 0.29) is 17.8 Å². The average Bonchev–Trinajstić information content (AvgIpc) is 3.38. The lowest BCUT2D eigenvalue weighted by Gasteiger charge is -2.37. The van der Waals surface area contributed by atoms with Gasteiger partial charge in [-0.2, -0.15) is 0 Å². The standard InChI is InChI=1S/C31H31N5O5/c1-18(19-9-7-6-8-10-19)35-40-16-25-33-29-28-26(20-11-12-22(38-4)23(13-20)39-5)27-21(37)14-31(2,3)15-24(27)41-30(28)32-17-36(29)34-25/h6-13,17,26H,14-16H2,1-5H3. The van der Waals surface area contributed by atoms with Gasteiger partial charge in [0.1, 0.15) is 12.1 Å². The Morgan fingerprint density at radius 2 is 1.88 bits per heavy atom. The van der Waals surface area contributed by atoms with Crippen LogP contribution in [0.2, 0.25) is 0 Å². The molecule has 0 amide bonds. The molecule has 210 valence electrons. The molecule has 2 aliphatic rings. The van der Waals surface area contributed by atoms with Crippen molar-refractivity contribution in [2.45, 2.75) is 46.1 Å². The van der Waals surface area contributed by atoms with Crippen molar-refractivity contribution in [1.82, 2.24) is 19.6 Å². The van der Waals surface area contributed by atoms with Gasteiger partial charge >= 0.3 is 0 Å². The third-order valence-corrected chi connectivity index (χ3v) is 7.43. The number of fused-ring (bicyclic) bond motifs is 3. The van der Waals surface area contributed by atoms with Crippen LogP contribution in [0.4, 0.5) is 0 Å². The largest absolute Gasteiger partial charge is 0.493 e. The zero-order valence-electron chi connectivity index (χ0n) is 23.7. The number of ether oxygens (including phenoxy) is 3. The van der Waals surface area contributed by atoms with Gasteiger partial charge in [0, 0.05) is 18.4 Å². The Morgan fingerprint density at radius 3 is 2.63 bits per heavy atom. The van der Waals surface area contributed by atoms with E-state index in [2.05, 4.69) is 29.1 Å². The van der Waals surface area contributed by atoms with E-state index in [9.17, 15) is 4.79 Å². The van der Waals surface area contributed by atoms with E-state index in [1.165, 1.54) is 0 Å². The summed E-state index contributed by atoms with van der Waals surface area (Å²) in [5.74, 6) is 2.18. The minimum absolute atomic E-state index is 0.0393. The van der Waals surface area contributed by atoms with Crippen molar-refractivity contribution in [3.05, 3.63) is 88.7 Å². The Labute approximate surface area is 237 Å². The Hall–Kier alpha value is -4.73. The summed E-state index contributed by atoms with van der Waals surface area (Å²) in [6.07, 6.45) is 2.60. The maximum atomic E-state index is 13.7. The number of rotatable bonds is 7. The number of hydrogen-bond acceptors (Lipinski definition) is 9. The number of carbonyl (C=O) groups excluding carboxylic acids is 1. The molecule has 1 aliphatic carbocycles. The predicted octanol–water partition coefficient (Wildman–Crippen LogP) is 5.25. The van der Waals surface area contributed by atoms with Crippen LogP contribution in [0, 0.1) is 5.41 Å². The number of ketones is 1. The van der Waals surface area contributed by atoms with Crippen molar-refractivity contribution in [3.8, 4) is 17.4 Å². The van der Waals surface area contributed by atoms with Gasteiger partial charge in [0.2, 0.25) is 5.88 Å². The van der Waals surface area contributed by atoms with Gasteiger partial charge in [-0.05, 0) is 35.6 Å². The normalized spacial score (nSPS) is 18.0. The van der Waals surface area contributed by atoms with E-state index >= 15 is 0 Å². The van der Waals surface area contributed by atoms with E-state index < -0.39 is 5.92 Å². The van der Waals surface area contributed by atoms with Crippen LogP contribution in [-0.2, 0) is 16.2 Å². The highest BCUT2D eigenvalue weighted by atomic mass is 16.6. The molecule has 0 N–H and O–H groups in total. The first kappa shape index (κ1) is 26.5. The highest BCUT2D eigenvalue weighted by Gasteiger charge is 2.44. The summed E-state index contributed by atoms with van der Waals surface area (Å²) in [6, 6.07) is 15.4. The fourth-order valence-electron chi connectivity index (χ4n) is 5.54. The Balaban J connectivity index is 1.43. The van der Waals surface area contributed by atoms with Gasteiger partial charge in [0.25, 0.3) is 0 Å². The molecule has 1 unspecified atom stereocenters. The highest BCUT2D eigenvalue weighted by Crippen LogP contribution is 2.51. The fourth-order valence-corrected chi connectivity index (χ4v) is 5.54. The van der Waals surface area contributed by atoms with Gasteiger partial charge in [0.15, 0.2) is 35.4 Å². The lowest BCUT2D eigenvalue weighted by Crippen LogP contribution is -2.33. The molecule has 0 spiro atoms. The van der Waals surface area contributed by atoms with Crippen molar-refractivity contribution < 1.29 is 23.8 Å². The smallest absolute Gasteiger partial charge is 0.228 e. The summed E-state index contributed by atoms with van der Waals surface area (Å²) >= 11 is 0. The van der Waals surface area contributed by atoms with Gasteiger partial charge in [-0.25, -0.2) is 14.5 Å². The minimum Gasteiger partial charge on any atom is -0.493 e. The summed E-state index contributed by atoms with van der Waals surface area (Å²) in [5, 5.41) is 8.81. The molecular weight excluding hydrogens is 522 g/mol. The second kappa shape index (κ2) is 10.3. The summed E-state index contributed by atoms with van der Waals surface area (Å²) in [5.41, 5.74) is 4.13. The van der Waals surface area contributed by atoms with Gasteiger partial charge in [-0.15, -0.1) is 5.10 Å². The number of methoxy groups -OCH3 is 2. The lowest BCUT2D eigenvalue weighted by atomic mass is 9.70. The molecule has 2 aromatic carbocycles. The maximum Gasteiger partial charge on any atom is 0.228 e. The zero-order chi connectivity index (χ0) is 28.7. The first-order chi connectivity index (χ1) is 19.8. The number of oxime groups is 1. The van der Waals surface area contributed by atoms with Gasteiger partial charge in [0.05, 0.1) is 31.4 Å². The minimum atomic E-state index is -0.482. The third-order valence-electron chi connectivity index (χ3n) is 7.43. The van der Waals surface area contributed by atoms with Crippen LogP contribution >= 0.6 is 0 Å². The van der Waals surface area contributed by atoms with Crippen LogP contribution < -0.4 is 14.2 Å². The molecule has 3 heterocycles. The molecule has 0 saturated heterocycles. The van der Waals surface area contributed by atoms with Crippen LogP contribution in [0.15, 0.2) is 71.3 Å². The van der Waals surface area contributed by atoms with E-state index in [1.807, 2.05) is 55.5 Å². The molecule has 0 saturated carbocycles. The van der Waals surface area contributed by atoms with E-state index in [0.717, 1.165) is 16.8 Å². The molecule has 1 aliphatic heterocycles. The highest BCUT2D eigenvalue weighted by molar-refractivity contribution is 6.00.